The lowest BCUT2D eigenvalue weighted by atomic mass is 10.2. The van der Waals surface area contributed by atoms with Gasteiger partial charge in [-0.25, -0.2) is 12.8 Å². The van der Waals surface area contributed by atoms with Crippen LogP contribution in [0, 0.1) is 5.82 Å². The van der Waals surface area contributed by atoms with Crippen LogP contribution in [0.5, 0.6) is 5.75 Å². The zero-order valence-electron chi connectivity index (χ0n) is 14.9. The Balaban J connectivity index is 1.78. The zero-order chi connectivity index (χ0) is 19.4. The van der Waals surface area contributed by atoms with Crippen molar-refractivity contribution in [3.8, 4) is 5.75 Å². The van der Waals surface area contributed by atoms with Crippen molar-refractivity contribution >= 4 is 27.3 Å². The van der Waals surface area contributed by atoms with Crippen LogP contribution in [-0.4, -0.2) is 20.4 Å². The van der Waals surface area contributed by atoms with Crippen LogP contribution in [0.15, 0.2) is 47.4 Å². The van der Waals surface area contributed by atoms with Gasteiger partial charge in [-0.3, -0.25) is 9.52 Å². The number of halogens is 1. The number of rotatable bonds is 6. The highest BCUT2D eigenvalue weighted by molar-refractivity contribution is 7.92. The molecule has 2 aromatic carbocycles. The number of sulfonamides is 1. The number of ether oxygens (including phenoxy) is 1. The minimum absolute atomic E-state index is 0.0132. The molecule has 0 radical (unpaired) electrons. The average molecular weight is 392 g/mol. The van der Waals surface area contributed by atoms with Gasteiger partial charge < -0.3 is 10.1 Å². The van der Waals surface area contributed by atoms with Crippen LogP contribution in [-0.2, 0) is 14.8 Å². The maximum Gasteiger partial charge on any atom is 0.261 e. The van der Waals surface area contributed by atoms with E-state index in [-0.39, 0.29) is 22.4 Å². The second-order valence-corrected chi connectivity index (χ2v) is 8.15. The first-order chi connectivity index (χ1) is 12.8. The molecule has 1 amide bonds. The molecular weight excluding hydrogens is 371 g/mol. The lowest BCUT2D eigenvalue weighted by Gasteiger charge is -2.15. The van der Waals surface area contributed by atoms with Gasteiger partial charge in [-0.05, 0) is 62.1 Å². The first-order valence-electron chi connectivity index (χ1n) is 8.70. The van der Waals surface area contributed by atoms with Crippen molar-refractivity contribution in [1.29, 1.82) is 0 Å². The maximum absolute atomic E-state index is 13.5. The summed E-state index contributed by atoms with van der Waals surface area (Å²) in [6.45, 7) is 1.28. The third-order valence-corrected chi connectivity index (χ3v) is 5.66. The molecule has 3 rings (SSSR count). The Labute approximate surface area is 157 Å². The molecule has 27 heavy (non-hydrogen) atoms. The van der Waals surface area contributed by atoms with E-state index in [1.807, 2.05) is 0 Å². The molecule has 1 saturated carbocycles. The Bertz CT molecular complexity index is 923. The third-order valence-electron chi connectivity index (χ3n) is 4.28. The fourth-order valence-corrected chi connectivity index (χ4v) is 4.07. The summed E-state index contributed by atoms with van der Waals surface area (Å²) >= 11 is 0. The maximum atomic E-state index is 13.5. The fourth-order valence-electron chi connectivity index (χ4n) is 3.00. The lowest BCUT2D eigenvalue weighted by molar-refractivity contribution is -0.114. The Hall–Kier alpha value is -2.61. The lowest BCUT2D eigenvalue weighted by Crippen LogP contribution is -2.16. The van der Waals surface area contributed by atoms with Gasteiger partial charge in [0.1, 0.15) is 11.6 Å². The summed E-state index contributed by atoms with van der Waals surface area (Å²) in [6.07, 6.45) is 4.48. The van der Waals surface area contributed by atoms with Gasteiger partial charge in [-0.2, -0.15) is 0 Å². The van der Waals surface area contributed by atoms with Crippen LogP contribution in [0.2, 0.25) is 0 Å². The van der Waals surface area contributed by atoms with Crippen molar-refractivity contribution in [1.82, 2.24) is 0 Å². The summed E-state index contributed by atoms with van der Waals surface area (Å²) in [4.78, 5) is 11.3. The molecule has 2 aromatic rings. The predicted octanol–water partition coefficient (Wildman–Crippen LogP) is 3.91. The number of amides is 1. The minimum Gasteiger partial charge on any atom is -0.490 e. The fraction of sp³-hybridized carbons (Fsp3) is 0.316. The molecule has 0 bridgehead atoms. The summed E-state index contributed by atoms with van der Waals surface area (Å²) in [7, 11) is -3.96. The van der Waals surface area contributed by atoms with E-state index >= 15 is 0 Å². The van der Waals surface area contributed by atoms with Gasteiger partial charge in [0.2, 0.25) is 5.91 Å². The molecule has 1 aliphatic rings. The van der Waals surface area contributed by atoms with Crippen molar-refractivity contribution in [3.63, 3.8) is 0 Å². The number of carbonyl (C=O) groups is 1. The average Bonchev–Trinajstić information content (AvgIpc) is 3.10. The Kier molecular flexibility index (Phi) is 5.65. The first-order valence-corrected chi connectivity index (χ1v) is 10.2. The highest BCUT2D eigenvalue weighted by Gasteiger charge is 2.19. The van der Waals surface area contributed by atoms with E-state index in [1.165, 1.54) is 25.1 Å². The van der Waals surface area contributed by atoms with Crippen LogP contribution >= 0.6 is 0 Å². The van der Waals surface area contributed by atoms with Crippen LogP contribution in [0.4, 0.5) is 15.8 Å². The van der Waals surface area contributed by atoms with Gasteiger partial charge in [0.15, 0.2) is 0 Å². The molecule has 1 fully saturated rings. The molecule has 0 unspecified atom stereocenters. The molecular formula is C19H21FN2O4S. The van der Waals surface area contributed by atoms with Gasteiger partial charge in [0.25, 0.3) is 10.0 Å². The summed E-state index contributed by atoms with van der Waals surface area (Å²) in [5.74, 6) is -0.400. The second kappa shape index (κ2) is 7.96. The summed E-state index contributed by atoms with van der Waals surface area (Å²) in [5.41, 5.74) is 0.130. The monoisotopic (exact) mass is 392 g/mol. The van der Waals surface area contributed by atoms with Gasteiger partial charge in [0.05, 0.1) is 22.4 Å². The number of hydrogen-bond donors (Lipinski definition) is 2. The quantitative estimate of drug-likeness (QED) is 0.781. The number of carbonyl (C=O) groups excluding carboxylic acids is 1. The molecule has 0 heterocycles. The predicted molar refractivity (Wildman–Crippen MR) is 101 cm³/mol. The van der Waals surface area contributed by atoms with Gasteiger partial charge >= 0.3 is 0 Å². The Morgan fingerprint density at radius 2 is 1.74 bits per heavy atom. The number of hydrogen-bond acceptors (Lipinski definition) is 4. The van der Waals surface area contributed by atoms with Gasteiger partial charge in [-0.15, -0.1) is 0 Å². The summed E-state index contributed by atoms with van der Waals surface area (Å²) < 4.78 is 46.9. The molecule has 0 aromatic heterocycles. The molecule has 6 nitrogen and oxygen atoms in total. The number of nitrogens with one attached hydrogen (secondary N) is 2. The van der Waals surface area contributed by atoms with Crippen LogP contribution in [0.25, 0.3) is 0 Å². The minimum atomic E-state index is -3.96. The molecule has 0 saturated heterocycles. The molecule has 144 valence electrons. The van der Waals surface area contributed by atoms with Crippen molar-refractivity contribution in [2.24, 2.45) is 0 Å². The summed E-state index contributed by atoms with van der Waals surface area (Å²) in [5, 5.41) is 2.47. The van der Waals surface area contributed by atoms with E-state index < -0.39 is 21.7 Å². The summed E-state index contributed by atoms with van der Waals surface area (Å²) in [6, 6.07) is 9.53. The van der Waals surface area contributed by atoms with E-state index in [1.54, 1.807) is 12.1 Å². The van der Waals surface area contributed by atoms with Crippen molar-refractivity contribution in [3.05, 3.63) is 48.3 Å². The standard InChI is InChI=1S/C19H21FN2O4S/c1-13(23)21-18-11-6-14(20)12-19(18)22-27(24,25)17-9-7-16(8-10-17)26-15-4-2-3-5-15/h6-12,15,22H,2-5H2,1H3,(H,21,23). The SMILES string of the molecule is CC(=O)Nc1ccc(F)cc1NS(=O)(=O)c1ccc(OC2CCCC2)cc1. The van der Waals surface area contributed by atoms with Crippen molar-refractivity contribution in [2.45, 2.75) is 43.6 Å². The van der Waals surface area contributed by atoms with Crippen LogP contribution in [0.1, 0.15) is 32.6 Å². The van der Waals surface area contributed by atoms with E-state index in [0.717, 1.165) is 37.8 Å². The molecule has 0 aliphatic heterocycles. The molecule has 0 spiro atoms. The molecule has 2 N–H and O–H groups in total. The van der Waals surface area contributed by atoms with E-state index in [2.05, 4.69) is 10.0 Å². The number of benzene rings is 2. The van der Waals surface area contributed by atoms with E-state index in [4.69, 9.17) is 4.74 Å². The smallest absolute Gasteiger partial charge is 0.261 e. The topological polar surface area (TPSA) is 84.5 Å². The zero-order valence-corrected chi connectivity index (χ0v) is 15.7. The third kappa shape index (κ3) is 4.97. The van der Waals surface area contributed by atoms with Crippen molar-refractivity contribution in [2.75, 3.05) is 10.0 Å². The van der Waals surface area contributed by atoms with Gasteiger partial charge in [0, 0.05) is 13.0 Å². The molecule has 0 atom stereocenters. The normalized spacial score (nSPS) is 14.7. The van der Waals surface area contributed by atoms with Crippen LogP contribution < -0.4 is 14.8 Å². The van der Waals surface area contributed by atoms with E-state index in [0.29, 0.717) is 5.75 Å². The molecule has 1 aliphatic carbocycles. The Morgan fingerprint density at radius 3 is 2.37 bits per heavy atom. The molecule has 8 heteroatoms. The largest absolute Gasteiger partial charge is 0.490 e. The van der Waals surface area contributed by atoms with Crippen LogP contribution in [0.3, 0.4) is 0 Å². The Morgan fingerprint density at radius 1 is 1.07 bits per heavy atom. The van der Waals surface area contributed by atoms with Crippen molar-refractivity contribution < 1.29 is 22.3 Å². The van der Waals surface area contributed by atoms with E-state index in [9.17, 15) is 17.6 Å². The highest BCUT2D eigenvalue weighted by Crippen LogP contribution is 2.28. The second-order valence-electron chi connectivity index (χ2n) is 6.47. The highest BCUT2D eigenvalue weighted by atomic mass is 32.2. The van der Waals surface area contributed by atoms with Gasteiger partial charge in [-0.1, -0.05) is 0 Å². The number of anilines is 2. The first kappa shape index (κ1) is 19.2.